The molecule has 5 nitrogen and oxygen atoms in total. The SMILES string of the molecule is CC(C)(C)NCc1nnnn1-c1cccc(Br)c1. The van der Waals surface area contributed by atoms with E-state index in [0.29, 0.717) is 6.54 Å². The second-order valence-corrected chi connectivity index (χ2v) is 6.01. The molecule has 0 spiro atoms. The highest BCUT2D eigenvalue weighted by Gasteiger charge is 2.13. The predicted molar refractivity (Wildman–Crippen MR) is 73.4 cm³/mol. The molecule has 1 aromatic heterocycles. The Morgan fingerprint density at radius 2 is 2.11 bits per heavy atom. The third-order valence-corrected chi connectivity index (χ3v) is 2.86. The average molecular weight is 310 g/mol. The molecule has 1 N–H and O–H groups in total. The average Bonchev–Trinajstić information content (AvgIpc) is 2.73. The first-order valence-corrected chi connectivity index (χ1v) is 6.53. The molecule has 0 bridgehead atoms. The number of hydrogen-bond acceptors (Lipinski definition) is 4. The molecule has 0 radical (unpaired) electrons. The largest absolute Gasteiger partial charge is 0.305 e. The smallest absolute Gasteiger partial charge is 0.170 e. The highest BCUT2D eigenvalue weighted by atomic mass is 79.9. The van der Waals surface area contributed by atoms with E-state index in [2.05, 4.69) is 57.5 Å². The normalized spacial score (nSPS) is 11.8. The minimum absolute atomic E-state index is 0.0358. The molecule has 0 saturated heterocycles. The van der Waals surface area contributed by atoms with Crippen molar-refractivity contribution in [2.75, 3.05) is 0 Å². The zero-order chi connectivity index (χ0) is 13.2. The lowest BCUT2D eigenvalue weighted by molar-refractivity contribution is 0.415. The van der Waals surface area contributed by atoms with Gasteiger partial charge in [-0.2, -0.15) is 4.68 Å². The van der Waals surface area contributed by atoms with Crippen molar-refractivity contribution in [3.63, 3.8) is 0 Å². The lowest BCUT2D eigenvalue weighted by atomic mass is 10.1. The van der Waals surface area contributed by atoms with E-state index in [0.717, 1.165) is 16.0 Å². The number of aromatic nitrogens is 4. The van der Waals surface area contributed by atoms with E-state index in [1.807, 2.05) is 24.3 Å². The fraction of sp³-hybridized carbons (Fsp3) is 0.417. The topological polar surface area (TPSA) is 55.6 Å². The van der Waals surface area contributed by atoms with Crippen molar-refractivity contribution >= 4 is 15.9 Å². The first kappa shape index (κ1) is 13.2. The van der Waals surface area contributed by atoms with Crippen molar-refractivity contribution in [1.82, 2.24) is 25.5 Å². The van der Waals surface area contributed by atoms with Crippen LogP contribution in [0.15, 0.2) is 28.7 Å². The van der Waals surface area contributed by atoms with E-state index in [1.54, 1.807) is 4.68 Å². The first-order chi connectivity index (χ1) is 8.46. The highest BCUT2D eigenvalue weighted by Crippen LogP contribution is 2.15. The van der Waals surface area contributed by atoms with Gasteiger partial charge in [0, 0.05) is 10.0 Å². The van der Waals surface area contributed by atoms with Gasteiger partial charge in [-0.25, -0.2) is 0 Å². The van der Waals surface area contributed by atoms with Gasteiger partial charge in [0.05, 0.1) is 12.2 Å². The number of rotatable bonds is 3. The van der Waals surface area contributed by atoms with Crippen molar-refractivity contribution in [3.05, 3.63) is 34.6 Å². The van der Waals surface area contributed by atoms with Crippen LogP contribution in [0.1, 0.15) is 26.6 Å². The van der Waals surface area contributed by atoms with Crippen LogP contribution in [0.25, 0.3) is 5.69 Å². The lowest BCUT2D eigenvalue weighted by Gasteiger charge is -2.19. The molecule has 0 aliphatic carbocycles. The molecule has 0 atom stereocenters. The van der Waals surface area contributed by atoms with E-state index >= 15 is 0 Å². The van der Waals surface area contributed by atoms with E-state index in [-0.39, 0.29) is 5.54 Å². The van der Waals surface area contributed by atoms with Gasteiger partial charge in [0.1, 0.15) is 0 Å². The third kappa shape index (κ3) is 3.36. The van der Waals surface area contributed by atoms with Crippen LogP contribution in [-0.4, -0.2) is 25.7 Å². The quantitative estimate of drug-likeness (QED) is 0.945. The molecule has 2 aromatic rings. The molecular formula is C12H16BrN5. The Labute approximate surface area is 115 Å². The minimum Gasteiger partial charge on any atom is -0.305 e. The molecule has 6 heteroatoms. The van der Waals surface area contributed by atoms with Gasteiger partial charge in [0.25, 0.3) is 0 Å². The van der Waals surface area contributed by atoms with Crippen LogP contribution in [0.4, 0.5) is 0 Å². The number of nitrogens with zero attached hydrogens (tertiary/aromatic N) is 4. The number of nitrogens with one attached hydrogen (secondary N) is 1. The third-order valence-electron chi connectivity index (χ3n) is 2.36. The maximum absolute atomic E-state index is 4.05. The lowest BCUT2D eigenvalue weighted by Crippen LogP contribution is -2.35. The fourth-order valence-corrected chi connectivity index (χ4v) is 1.86. The number of halogens is 1. The summed E-state index contributed by atoms with van der Waals surface area (Å²) in [6.07, 6.45) is 0. The minimum atomic E-state index is 0.0358. The van der Waals surface area contributed by atoms with Crippen molar-refractivity contribution in [1.29, 1.82) is 0 Å². The monoisotopic (exact) mass is 309 g/mol. The van der Waals surface area contributed by atoms with Gasteiger partial charge in [-0.1, -0.05) is 22.0 Å². The van der Waals surface area contributed by atoms with Gasteiger partial charge in [-0.05, 0) is 49.4 Å². The van der Waals surface area contributed by atoms with Gasteiger partial charge < -0.3 is 5.32 Å². The summed E-state index contributed by atoms with van der Waals surface area (Å²) in [6.45, 7) is 6.96. The zero-order valence-electron chi connectivity index (χ0n) is 10.7. The Balaban J connectivity index is 2.23. The van der Waals surface area contributed by atoms with Gasteiger partial charge in [0.15, 0.2) is 5.82 Å². The van der Waals surface area contributed by atoms with E-state index in [4.69, 9.17) is 0 Å². The molecule has 1 heterocycles. The molecule has 0 unspecified atom stereocenters. The molecular weight excluding hydrogens is 294 g/mol. The summed E-state index contributed by atoms with van der Waals surface area (Å²) in [5, 5.41) is 15.2. The van der Waals surface area contributed by atoms with Crippen LogP contribution in [0.3, 0.4) is 0 Å². The standard InChI is InChI=1S/C12H16BrN5/c1-12(2,3)14-8-11-15-16-17-18(11)10-6-4-5-9(13)7-10/h4-7,14H,8H2,1-3H3. The van der Waals surface area contributed by atoms with Gasteiger partial charge >= 0.3 is 0 Å². The Morgan fingerprint density at radius 1 is 1.33 bits per heavy atom. The van der Waals surface area contributed by atoms with Gasteiger partial charge in [-0.15, -0.1) is 5.10 Å². The van der Waals surface area contributed by atoms with E-state index in [1.165, 1.54) is 0 Å². The molecule has 2 rings (SSSR count). The van der Waals surface area contributed by atoms with Crippen molar-refractivity contribution in [2.24, 2.45) is 0 Å². The summed E-state index contributed by atoms with van der Waals surface area (Å²) in [6, 6.07) is 7.89. The van der Waals surface area contributed by atoms with Crippen molar-refractivity contribution < 1.29 is 0 Å². The van der Waals surface area contributed by atoms with E-state index < -0.39 is 0 Å². The van der Waals surface area contributed by atoms with Crippen LogP contribution >= 0.6 is 15.9 Å². The maximum Gasteiger partial charge on any atom is 0.170 e. The van der Waals surface area contributed by atoms with Crippen LogP contribution in [0, 0.1) is 0 Å². The summed E-state index contributed by atoms with van der Waals surface area (Å²) in [5.74, 6) is 0.794. The van der Waals surface area contributed by atoms with Crippen LogP contribution in [0.2, 0.25) is 0 Å². The van der Waals surface area contributed by atoms with Crippen molar-refractivity contribution in [3.8, 4) is 5.69 Å². The molecule has 0 saturated carbocycles. The zero-order valence-corrected chi connectivity index (χ0v) is 12.3. The van der Waals surface area contributed by atoms with E-state index in [9.17, 15) is 0 Å². The summed E-state index contributed by atoms with van der Waals surface area (Å²) in [7, 11) is 0. The van der Waals surface area contributed by atoms with Crippen LogP contribution < -0.4 is 5.32 Å². The number of benzene rings is 1. The Kier molecular flexibility index (Phi) is 3.77. The number of tetrazole rings is 1. The summed E-state index contributed by atoms with van der Waals surface area (Å²) >= 11 is 3.45. The Bertz CT molecular complexity index is 529. The van der Waals surface area contributed by atoms with Crippen LogP contribution in [0.5, 0.6) is 0 Å². The maximum atomic E-state index is 4.05. The summed E-state index contributed by atoms with van der Waals surface area (Å²) in [5.41, 5.74) is 0.980. The highest BCUT2D eigenvalue weighted by molar-refractivity contribution is 9.10. The molecule has 96 valence electrons. The molecule has 0 amide bonds. The molecule has 0 aliphatic heterocycles. The summed E-state index contributed by atoms with van der Waals surface area (Å²) in [4.78, 5) is 0. The van der Waals surface area contributed by atoms with Crippen molar-refractivity contribution in [2.45, 2.75) is 32.9 Å². The molecule has 18 heavy (non-hydrogen) atoms. The second-order valence-electron chi connectivity index (χ2n) is 5.09. The van der Waals surface area contributed by atoms with Crippen LogP contribution in [-0.2, 0) is 6.54 Å². The predicted octanol–water partition coefficient (Wildman–Crippen LogP) is 2.31. The fourth-order valence-electron chi connectivity index (χ4n) is 1.47. The Hall–Kier alpha value is -1.27. The molecule has 0 aliphatic rings. The summed E-state index contributed by atoms with van der Waals surface area (Å²) < 4.78 is 2.74. The Morgan fingerprint density at radius 3 is 2.78 bits per heavy atom. The second kappa shape index (κ2) is 5.16. The van der Waals surface area contributed by atoms with Gasteiger partial charge in [0.2, 0.25) is 0 Å². The van der Waals surface area contributed by atoms with Gasteiger partial charge in [-0.3, -0.25) is 0 Å². The number of hydrogen-bond donors (Lipinski definition) is 1. The molecule has 1 aromatic carbocycles. The first-order valence-electron chi connectivity index (χ1n) is 5.74. The molecule has 0 fully saturated rings.